The van der Waals surface area contributed by atoms with E-state index in [0.29, 0.717) is 16.7 Å². The SMILES string of the molecule is O=C(O)CNC(=O)c1ccccc1-c1ccc(F)cc1. The van der Waals surface area contributed by atoms with Crippen LogP contribution in [0.3, 0.4) is 0 Å². The van der Waals surface area contributed by atoms with Gasteiger partial charge in [0.25, 0.3) is 5.91 Å². The van der Waals surface area contributed by atoms with Crippen molar-refractivity contribution in [1.29, 1.82) is 0 Å². The zero-order valence-corrected chi connectivity index (χ0v) is 10.5. The summed E-state index contributed by atoms with van der Waals surface area (Å²) in [4.78, 5) is 22.4. The van der Waals surface area contributed by atoms with E-state index in [9.17, 15) is 14.0 Å². The number of carbonyl (C=O) groups excluding carboxylic acids is 1. The molecule has 0 unspecified atom stereocenters. The number of benzene rings is 2. The molecule has 2 rings (SSSR count). The summed E-state index contributed by atoms with van der Waals surface area (Å²) in [5.41, 5.74) is 1.66. The second-order valence-corrected chi connectivity index (χ2v) is 4.13. The van der Waals surface area contributed by atoms with E-state index < -0.39 is 18.4 Å². The Morgan fingerprint density at radius 3 is 2.35 bits per heavy atom. The predicted molar refractivity (Wildman–Crippen MR) is 71.8 cm³/mol. The van der Waals surface area contributed by atoms with Gasteiger partial charge in [0.15, 0.2) is 0 Å². The summed E-state index contributed by atoms with van der Waals surface area (Å²) >= 11 is 0. The van der Waals surface area contributed by atoms with Crippen LogP contribution in [0, 0.1) is 5.82 Å². The van der Waals surface area contributed by atoms with Crippen LogP contribution in [0.5, 0.6) is 0 Å². The standard InChI is InChI=1S/C15H12FNO3/c16-11-7-5-10(6-8-11)12-3-1-2-4-13(12)15(20)17-9-14(18)19/h1-8H,9H2,(H,17,20)(H,18,19). The summed E-state index contributed by atoms with van der Waals surface area (Å²) in [7, 11) is 0. The molecule has 0 aliphatic carbocycles. The third kappa shape index (κ3) is 3.20. The molecule has 0 bridgehead atoms. The molecular weight excluding hydrogens is 261 g/mol. The van der Waals surface area contributed by atoms with E-state index in [1.807, 2.05) is 0 Å². The Labute approximate surface area is 114 Å². The number of halogens is 1. The Bertz CT molecular complexity index is 638. The molecule has 2 N–H and O–H groups in total. The molecule has 0 aliphatic heterocycles. The highest BCUT2D eigenvalue weighted by Crippen LogP contribution is 2.23. The lowest BCUT2D eigenvalue weighted by Crippen LogP contribution is -2.29. The minimum Gasteiger partial charge on any atom is -0.480 e. The van der Waals surface area contributed by atoms with Crippen LogP contribution in [-0.2, 0) is 4.79 Å². The van der Waals surface area contributed by atoms with E-state index >= 15 is 0 Å². The van der Waals surface area contributed by atoms with Crippen LogP contribution in [0.25, 0.3) is 11.1 Å². The van der Waals surface area contributed by atoms with Crippen LogP contribution in [0.1, 0.15) is 10.4 Å². The number of hydrogen-bond acceptors (Lipinski definition) is 2. The van der Waals surface area contributed by atoms with Crippen molar-refractivity contribution in [2.24, 2.45) is 0 Å². The Hall–Kier alpha value is -2.69. The van der Waals surface area contributed by atoms with Crippen molar-refractivity contribution in [3.63, 3.8) is 0 Å². The van der Waals surface area contributed by atoms with E-state index in [1.54, 1.807) is 36.4 Å². The molecule has 5 heteroatoms. The number of hydrogen-bond donors (Lipinski definition) is 2. The van der Waals surface area contributed by atoms with Crippen molar-refractivity contribution in [3.8, 4) is 11.1 Å². The number of carboxylic acid groups (broad SMARTS) is 1. The fraction of sp³-hybridized carbons (Fsp3) is 0.0667. The maximum atomic E-state index is 12.9. The number of amides is 1. The van der Waals surface area contributed by atoms with E-state index in [-0.39, 0.29) is 5.82 Å². The Balaban J connectivity index is 2.33. The van der Waals surface area contributed by atoms with Gasteiger partial charge in [-0.05, 0) is 29.3 Å². The molecule has 0 atom stereocenters. The average Bonchev–Trinajstić information content (AvgIpc) is 2.45. The number of nitrogens with one attached hydrogen (secondary N) is 1. The first-order chi connectivity index (χ1) is 9.58. The highest BCUT2D eigenvalue weighted by Gasteiger charge is 2.12. The third-order valence-corrected chi connectivity index (χ3v) is 2.73. The van der Waals surface area contributed by atoms with Crippen LogP contribution in [0.15, 0.2) is 48.5 Å². The molecule has 0 radical (unpaired) electrons. The second-order valence-electron chi connectivity index (χ2n) is 4.13. The molecule has 0 spiro atoms. The molecule has 0 saturated carbocycles. The van der Waals surface area contributed by atoms with Gasteiger partial charge in [-0.15, -0.1) is 0 Å². The van der Waals surface area contributed by atoms with Gasteiger partial charge in [-0.25, -0.2) is 4.39 Å². The van der Waals surface area contributed by atoms with Crippen LogP contribution < -0.4 is 5.32 Å². The molecule has 1 amide bonds. The molecule has 20 heavy (non-hydrogen) atoms. The van der Waals surface area contributed by atoms with Gasteiger partial charge in [0.05, 0.1) is 0 Å². The first kappa shape index (κ1) is 13.7. The Morgan fingerprint density at radius 1 is 1.05 bits per heavy atom. The van der Waals surface area contributed by atoms with E-state index in [0.717, 1.165) is 0 Å². The van der Waals surface area contributed by atoms with Crippen LogP contribution in [0.2, 0.25) is 0 Å². The molecule has 0 heterocycles. The van der Waals surface area contributed by atoms with Crippen molar-refractivity contribution in [1.82, 2.24) is 5.32 Å². The number of rotatable bonds is 4. The molecular formula is C15H12FNO3. The fourth-order valence-electron chi connectivity index (χ4n) is 1.81. The highest BCUT2D eigenvalue weighted by atomic mass is 19.1. The summed E-state index contributed by atoms with van der Waals surface area (Å²) < 4.78 is 12.9. The van der Waals surface area contributed by atoms with Crippen LogP contribution in [-0.4, -0.2) is 23.5 Å². The maximum absolute atomic E-state index is 12.9. The van der Waals surface area contributed by atoms with Crippen molar-refractivity contribution < 1.29 is 19.1 Å². The lowest BCUT2D eigenvalue weighted by Gasteiger charge is -2.09. The van der Waals surface area contributed by atoms with Crippen molar-refractivity contribution in [2.45, 2.75) is 0 Å². The lowest BCUT2D eigenvalue weighted by atomic mass is 9.99. The predicted octanol–water partition coefficient (Wildman–Crippen LogP) is 2.31. The number of aliphatic carboxylic acids is 1. The summed E-state index contributed by atoms with van der Waals surface area (Å²) in [5.74, 6) is -1.95. The number of carboxylic acids is 1. The van der Waals surface area contributed by atoms with Crippen molar-refractivity contribution >= 4 is 11.9 Å². The van der Waals surface area contributed by atoms with Gasteiger partial charge in [0.1, 0.15) is 12.4 Å². The van der Waals surface area contributed by atoms with Crippen LogP contribution in [0.4, 0.5) is 4.39 Å². The Kier molecular flexibility index (Phi) is 4.10. The third-order valence-electron chi connectivity index (χ3n) is 2.73. The van der Waals surface area contributed by atoms with Gasteiger partial charge in [0, 0.05) is 5.56 Å². The number of carbonyl (C=O) groups is 2. The van der Waals surface area contributed by atoms with Gasteiger partial charge in [-0.3, -0.25) is 9.59 Å². The smallest absolute Gasteiger partial charge is 0.322 e. The summed E-state index contributed by atoms with van der Waals surface area (Å²) in [6.45, 7) is -0.448. The topological polar surface area (TPSA) is 66.4 Å². The summed E-state index contributed by atoms with van der Waals surface area (Å²) in [5, 5.41) is 10.9. The quantitative estimate of drug-likeness (QED) is 0.898. The lowest BCUT2D eigenvalue weighted by molar-refractivity contribution is -0.135. The molecule has 4 nitrogen and oxygen atoms in total. The van der Waals surface area contributed by atoms with E-state index in [4.69, 9.17) is 5.11 Å². The Morgan fingerprint density at radius 2 is 1.70 bits per heavy atom. The largest absolute Gasteiger partial charge is 0.480 e. The average molecular weight is 273 g/mol. The first-order valence-electron chi connectivity index (χ1n) is 5.93. The minimum atomic E-state index is -1.11. The zero-order chi connectivity index (χ0) is 14.5. The maximum Gasteiger partial charge on any atom is 0.322 e. The van der Waals surface area contributed by atoms with Gasteiger partial charge >= 0.3 is 5.97 Å². The van der Waals surface area contributed by atoms with Crippen molar-refractivity contribution in [2.75, 3.05) is 6.54 Å². The molecule has 0 saturated heterocycles. The van der Waals surface area contributed by atoms with Crippen LogP contribution >= 0.6 is 0 Å². The van der Waals surface area contributed by atoms with Gasteiger partial charge < -0.3 is 10.4 Å². The van der Waals surface area contributed by atoms with Gasteiger partial charge in [-0.1, -0.05) is 30.3 Å². The molecule has 2 aromatic carbocycles. The minimum absolute atomic E-state index is 0.348. The van der Waals surface area contributed by atoms with E-state index in [2.05, 4.69) is 5.32 Å². The van der Waals surface area contributed by atoms with Gasteiger partial charge in [0.2, 0.25) is 0 Å². The summed E-state index contributed by atoms with van der Waals surface area (Å²) in [6, 6.07) is 12.5. The molecule has 2 aromatic rings. The normalized spacial score (nSPS) is 10.1. The monoisotopic (exact) mass is 273 g/mol. The molecule has 0 fully saturated rings. The highest BCUT2D eigenvalue weighted by molar-refractivity contribution is 6.01. The molecule has 102 valence electrons. The van der Waals surface area contributed by atoms with Crippen molar-refractivity contribution in [3.05, 3.63) is 59.9 Å². The fourth-order valence-corrected chi connectivity index (χ4v) is 1.81. The molecule has 0 aliphatic rings. The van der Waals surface area contributed by atoms with E-state index in [1.165, 1.54) is 12.1 Å². The summed E-state index contributed by atoms with van der Waals surface area (Å²) in [6.07, 6.45) is 0. The first-order valence-corrected chi connectivity index (χ1v) is 5.93. The van der Waals surface area contributed by atoms with Gasteiger partial charge in [-0.2, -0.15) is 0 Å². The second kappa shape index (κ2) is 5.97. The zero-order valence-electron chi connectivity index (χ0n) is 10.5. The molecule has 0 aromatic heterocycles.